The molecule has 0 saturated heterocycles. The van der Waals surface area contributed by atoms with Gasteiger partial charge >= 0.3 is 6.09 Å². The second kappa shape index (κ2) is 8.12. The predicted octanol–water partition coefficient (Wildman–Crippen LogP) is 5.44. The van der Waals surface area contributed by atoms with Crippen LogP contribution in [0.15, 0.2) is 6.20 Å². The van der Waals surface area contributed by atoms with Gasteiger partial charge in [-0.3, -0.25) is 0 Å². The second-order valence-electron chi connectivity index (χ2n) is 8.24. The summed E-state index contributed by atoms with van der Waals surface area (Å²) in [5.74, 6) is 0.618. The fourth-order valence-corrected chi connectivity index (χ4v) is 7.71. The molecule has 5 nitrogen and oxygen atoms in total. The van der Waals surface area contributed by atoms with Gasteiger partial charge in [-0.1, -0.05) is 41.5 Å². The van der Waals surface area contributed by atoms with Crippen molar-refractivity contribution < 1.29 is 13.7 Å². The smallest absolute Gasteiger partial charge is 0.419 e. The molecule has 0 N–H and O–H groups in total. The van der Waals surface area contributed by atoms with E-state index >= 15 is 0 Å². The molecule has 0 atom stereocenters. The topological polar surface area (TPSA) is 53.4 Å². The Labute approximate surface area is 155 Å². The maximum Gasteiger partial charge on any atom is 0.419 e. The lowest BCUT2D eigenvalue weighted by Gasteiger charge is -2.50. The highest BCUT2D eigenvalue weighted by molar-refractivity contribution is 8.31. The fourth-order valence-electron chi connectivity index (χ4n) is 3.30. The van der Waals surface area contributed by atoms with Gasteiger partial charge in [0.1, 0.15) is 18.0 Å². The van der Waals surface area contributed by atoms with Gasteiger partial charge in [0.15, 0.2) is 0 Å². The van der Waals surface area contributed by atoms with E-state index in [1.54, 1.807) is 13.1 Å². The Balaban J connectivity index is 2.98. The molecule has 0 amide bonds. The van der Waals surface area contributed by atoms with Crippen LogP contribution < -0.4 is 0 Å². The normalized spacial score (nSPS) is 13.8. The summed E-state index contributed by atoms with van der Waals surface area (Å²) >= 11 is 0. The Morgan fingerprint density at radius 2 is 1.60 bits per heavy atom. The molecule has 0 aliphatic rings. The number of ether oxygens (including phenoxy) is 1. The Bertz CT molecular complexity index is 564. The van der Waals surface area contributed by atoms with E-state index in [1.165, 1.54) is 4.57 Å². The third-order valence-corrected chi connectivity index (χ3v) is 9.09. The minimum absolute atomic E-state index is 0.404. The lowest BCUT2D eigenvalue weighted by atomic mass is 10.2. The van der Waals surface area contributed by atoms with Gasteiger partial charge in [0.25, 0.3) is 0 Å². The van der Waals surface area contributed by atoms with Gasteiger partial charge in [-0.25, -0.2) is 14.3 Å². The summed E-state index contributed by atoms with van der Waals surface area (Å²) in [4.78, 5) is 16.8. The van der Waals surface area contributed by atoms with E-state index in [4.69, 9.17) is 8.92 Å². The Hall–Kier alpha value is -1.01. The van der Waals surface area contributed by atoms with Gasteiger partial charge < -0.3 is 8.92 Å². The molecule has 6 heteroatoms. The van der Waals surface area contributed by atoms with Crippen LogP contribution in [0.5, 0.6) is 0 Å². The van der Waals surface area contributed by atoms with Crippen molar-refractivity contribution in [2.24, 2.45) is 0 Å². The highest BCUT2D eigenvalue weighted by atomic mass is 32.3. The summed E-state index contributed by atoms with van der Waals surface area (Å²) in [7, 11) is -1.26. The zero-order chi connectivity index (χ0) is 19.6. The molecule has 0 spiro atoms. The maximum atomic E-state index is 12.3. The van der Waals surface area contributed by atoms with Crippen molar-refractivity contribution in [1.29, 1.82) is 0 Å². The van der Waals surface area contributed by atoms with Crippen LogP contribution in [-0.2, 0) is 15.5 Å². The number of carbonyl (C=O) groups is 1. The third-order valence-electron chi connectivity index (χ3n) is 4.14. The van der Waals surface area contributed by atoms with E-state index in [9.17, 15) is 4.79 Å². The molecule has 0 radical (unpaired) electrons. The van der Waals surface area contributed by atoms with E-state index in [1.807, 2.05) is 20.8 Å². The summed E-state index contributed by atoms with van der Waals surface area (Å²) in [6.07, 6.45) is 1.33. The molecule has 0 unspecified atom stereocenters. The molecule has 0 aliphatic carbocycles. The lowest BCUT2D eigenvalue weighted by molar-refractivity contribution is 0.0533. The average molecular weight is 373 g/mol. The lowest BCUT2D eigenvalue weighted by Crippen LogP contribution is -2.30. The van der Waals surface area contributed by atoms with Crippen LogP contribution in [0.25, 0.3) is 0 Å². The van der Waals surface area contributed by atoms with Gasteiger partial charge in [0.2, 0.25) is 0 Å². The minimum atomic E-state index is -1.26. The molecule has 0 aromatic carbocycles. The second-order valence-corrected chi connectivity index (χ2v) is 12.7. The van der Waals surface area contributed by atoms with Crippen LogP contribution >= 0.6 is 10.3 Å². The van der Waals surface area contributed by atoms with Crippen LogP contribution in [0.2, 0.25) is 0 Å². The summed E-state index contributed by atoms with van der Waals surface area (Å²) < 4.78 is 13.4. The molecule has 1 aromatic heterocycles. The van der Waals surface area contributed by atoms with Gasteiger partial charge in [-0.2, -0.15) is 0 Å². The van der Waals surface area contributed by atoms with Gasteiger partial charge in [0, 0.05) is 21.9 Å². The molecule has 0 aliphatic heterocycles. The van der Waals surface area contributed by atoms with Crippen molar-refractivity contribution >= 4 is 16.4 Å². The Morgan fingerprint density at radius 1 is 1.12 bits per heavy atom. The summed E-state index contributed by atoms with van der Waals surface area (Å²) in [5, 5.41) is 1.38. The van der Waals surface area contributed by atoms with Crippen LogP contribution in [-0.4, -0.2) is 37.0 Å². The van der Waals surface area contributed by atoms with Crippen LogP contribution in [0, 0.1) is 6.92 Å². The molecule has 1 aromatic rings. The average Bonchev–Trinajstić information content (AvgIpc) is 2.77. The number of nitrogens with zero attached hydrogens (tertiary/aromatic N) is 2. The van der Waals surface area contributed by atoms with Crippen LogP contribution in [0.4, 0.5) is 4.79 Å². The molecular weight excluding hydrogens is 336 g/mol. The van der Waals surface area contributed by atoms with Crippen molar-refractivity contribution in [3.8, 4) is 0 Å². The molecule has 0 saturated carbocycles. The van der Waals surface area contributed by atoms with E-state index < -0.39 is 22.0 Å². The molecular formula is C19H36N2O3S. The highest BCUT2D eigenvalue weighted by Gasteiger charge is 2.36. The van der Waals surface area contributed by atoms with E-state index in [0.717, 1.165) is 5.69 Å². The highest BCUT2D eigenvalue weighted by Crippen LogP contribution is 2.61. The van der Waals surface area contributed by atoms with E-state index in [-0.39, 0.29) is 0 Å². The van der Waals surface area contributed by atoms with Crippen molar-refractivity contribution in [2.75, 3.05) is 0 Å². The van der Waals surface area contributed by atoms with Crippen molar-refractivity contribution in [1.82, 2.24) is 9.55 Å². The Kier molecular flexibility index (Phi) is 7.16. The fraction of sp³-hybridized carbons (Fsp3) is 0.789. The standard InChI is InChI=1S/C19H36N2O3S/c1-13(2)25(14(3)4,15(5)6)23-12-17-11-21(16(7)20-17)18(22)24-19(8,9)10/h11,13-15H,12H2,1-10H3. The number of carbonyl (C=O) groups excluding carboxylic acids is 1. The van der Waals surface area contributed by atoms with Gasteiger partial charge in [-0.05, 0) is 27.7 Å². The molecule has 25 heavy (non-hydrogen) atoms. The largest absolute Gasteiger partial charge is 0.443 e. The number of aryl methyl sites for hydroxylation is 1. The minimum Gasteiger partial charge on any atom is -0.443 e. The van der Waals surface area contributed by atoms with Crippen molar-refractivity contribution in [3.63, 3.8) is 0 Å². The summed E-state index contributed by atoms with van der Waals surface area (Å²) in [6, 6.07) is 0. The summed E-state index contributed by atoms with van der Waals surface area (Å²) in [6.45, 7) is 21.2. The number of imidazole rings is 1. The monoisotopic (exact) mass is 372 g/mol. The Morgan fingerprint density at radius 3 is 2.00 bits per heavy atom. The third kappa shape index (κ3) is 5.23. The SMILES string of the molecule is Cc1nc(COS(C(C)C)(C(C)C)C(C)C)cn1C(=O)OC(C)(C)C. The first-order valence-corrected chi connectivity index (χ1v) is 10.8. The zero-order valence-electron chi connectivity index (χ0n) is 17.5. The van der Waals surface area contributed by atoms with E-state index in [0.29, 0.717) is 28.2 Å². The molecule has 0 fully saturated rings. The maximum absolute atomic E-state index is 12.3. The zero-order valence-corrected chi connectivity index (χ0v) is 18.4. The predicted molar refractivity (Wildman–Crippen MR) is 106 cm³/mol. The number of aromatic nitrogens is 2. The van der Waals surface area contributed by atoms with Crippen LogP contribution in [0.3, 0.4) is 0 Å². The van der Waals surface area contributed by atoms with Gasteiger partial charge in [0.05, 0.1) is 5.69 Å². The number of hydrogen-bond donors (Lipinski definition) is 0. The van der Waals surface area contributed by atoms with Crippen molar-refractivity contribution in [2.45, 2.75) is 97.2 Å². The summed E-state index contributed by atoms with van der Waals surface area (Å²) in [5.41, 5.74) is 0.235. The first-order valence-electron chi connectivity index (χ1n) is 9.03. The first kappa shape index (κ1) is 22.0. The van der Waals surface area contributed by atoms with Gasteiger partial charge in [-0.15, -0.1) is 10.3 Å². The molecule has 1 rings (SSSR count). The quantitative estimate of drug-likeness (QED) is 0.667. The van der Waals surface area contributed by atoms with Crippen LogP contribution in [0.1, 0.15) is 73.8 Å². The number of rotatable bonds is 6. The molecule has 1 heterocycles. The first-order chi connectivity index (χ1) is 11.3. The molecule has 0 bridgehead atoms. The number of hydrogen-bond acceptors (Lipinski definition) is 4. The van der Waals surface area contributed by atoms with Crippen molar-refractivity contribution in [3.05, 3.63) is 17.7 Å². The molecule has 146 valence electrons. The van der Waals surface area contributed by atoms with E-state index in [2.05, 4.69) is 46.5 Å².